The number of hydrogen-bond donors (Lipinski definition) is 2. The molecule has 3 N–H and O–H groups in total. The Morgan fingerprint density at radius 3 is 3.12 bits per heavy atom. The maximum Gasteiger partial charge on any atom is 0.184 e. The van der Waals surface area contributed by atoms with Crippen LogP contribution in [0.2, 0.25) is 0 Å². The second kappa shape index (κ2) is 6.83. The van der Waals surface area contributed by atoms with Crippen LogP contribution in [0.5, 0.6) is 5.75 Å². The normalized spacial score (nSPS) is 9.88. The molecule has 0 aliphatic heterocycles. The van der Waals surface area contributed by atoms with Gasteiger partial charge in [0.2, 0.25) is 0 Å². The molecule has 17 heavy (non-hydrogen) atoms. The van der Waals surface area contributed by atoms with Gasteiger partial charge in [0.1, 0.15) is 11.8 Å². The largest absolute Gasteiger partial charge is 0.478 e. The molecular weight excluding hydrogens is 304 g/mol. The Kier molecular flexibility index (Phi) is 5.39. The highest BCUT2D eigenvalue weighted by atomic mass is 79.9. The zero-order valence-corrected chi connectivity index (χ0v) is 11.1. The summed E-state index contributed by atoms with van der Waals surface area (Å²) < 4.78 is 6.11. The lowest BCUT2D eigenvalue weighted by atomic mass is 10.2. The van der Waals surface area contributed by atoms with Crippen LogP contribution in [0.3, 0.4) is 0 Å². The van der Waals surface area contributed by atoms with Crippen LogP contribution in [0.1, 0.15) is 5.56 Å². The number of benzene rings is 1. The van der Waals surface area contributed by atoms with Gasteiger partial charge in [0.05, 0.1) is 6.21 Å². The minimum Gasteiger partial charge on any atom is -0.478 e. The second-order valence-corrected chi connectivity index (χ2v) is 4.22. The summed E-state index contributed by atoms with van der Waals surface area (Å²) in [6.45, 7) is -0.0226. The van der Waals surface area contributed by atoms with Crippen molar-refractivity contribution in [3.63, 3.8) is 0 Å². The van der Waals surface area contributed by atoms with E-state index < -0.39 is 0 Å². The van der Waals surface area contributed by atoms with Crippen LogP contribution in [-0.4, -0.2) is 17.9 Å². The van der Waals surface area contributed by atoms with Gasteiger partial charge in [-0.05, 0) is 30.4 Å². The van der Waals surface area contributed by atoms with Gasteiger partial charge in [0.25, 0.3) is 0 Å². The summed E-state index contributed by atoms with van der Waals surface area (Å²) in [5.74, 6) is 0.559. The van der Waals surface area contributed by atoms with Crippen molar-refractivity contribution in [2.75, 3.05) is 6.61 Å². The summed E-state index contributed by atoms with van der Waals surface area (Å²) in [5.41, 5.74) is 8.37. The van der Waals surface area contributed by atoms with Crippen LogP contribution < -0.4 is 15.9 Å². The molecule has 0 aliphatic rings. The van der Waals surface area contributed by atoms with Gasteiger partial charge in [-0.3, -0.25) is 5.43 Å². The van der Waals surface area contributed by atoms with E-state index in [1.54, 1.807) is 12.1 Å². The number of ether oxygens (including phenoxy) is 1. The lowest BCUT2D eigenvalue weighted by molar-refractivity contribution is 0.367. The molecule has 5 nitrogen and oxygen atoms in total. The summed E-state index contributed by atoms with van der Waals surface area (Å²) in [6, 6.07) is 7.25. The third-order valence-corrected chi connectivity index (χ3v) is 2.23. The molecule has 0 bridgehead atoms. The van der Waals surface area contributed by atoms with Crippen LogP contribution in [0.15, 0.2) is 27.8 Å². The Balaban J connectivity index is 2.87. The Bertz CT molecular complexity index is 484. The molecule has 0 atom stereocenters. The van der Waals surface area contributed by atoms with Crippen molar-refractivity contribution in [2.24, 2.45) is 10.8 Å². The summed E-state index contributed by atoms with van der Waals surface area (Å²) in [5, 5.41) is 12.4. The molecule has 0 spiro atoms. The fraction of sp³-hybridized carbons (Fsp3) is 0.100. The van der Waals surface area contributed by atoms with Crippen molar-refractivity contribution in [1.29, 1.82) is 5.26 Å². The van der Waals surface area contributed by atoms with Gasteiger partial charge in [-0.1, -0.05) is 15.9 Å². The van der Waals surface area contributed by atoms with Gasteiger partial charge in [-0.2, -0.15) is 10.4 Å². The third kappa shape index (κ3) is 4.80. The average Bonchev–Trinajstić information content (AvgIpc) is 2.27. The molecule has 0 amide bonds. The predicted molar refractivity (Wildman–Crippen MR) is 72.8 cm³/mol. The molecule has 0 aromatic heterocycles. The van der Waals surface area contributed by atoms with Crippen LogP contribution >= 0.6 is 28.1 Å². The highest BCUT2D eigenvalue weighted by molar-refractivity contribution is 9.10. The van der Waals surface area contributed by atoms with Crippen molar-refractivity contribution >= 4 is 39.5 Å². The van der Waals surface area contributed by atoms with Crippen LogP contribution in [0.25, 0.3) is 0 Å². The molecule has 1 rings (SSSR count). The molecule has 88 valence electrons. The first kappa shape index (κ1) is 13.4. The van der Waals surface area contributed by atoms with Gasteiger partial charge < -0.3 is 10.5 Å². The Morgan fingerprint density at radius 2 is 2.47 bits per heavy atom. The SMILES string of the molecule is N#CCOc1ccc(Br)cc1C=NNC(N)=S. The van der Waals surface area contributed by atoms with Crippen LogP contribution in [0.4, 0.5) is 0 Å². The topological polar surface area (TPSA) is 83.4 Å². The molecule has 0 fully saturated rings. The lowest BCUT2D eigenvalue weighted by Gasteiger charge is -2.06. The summed E-state index contributed by atoms with van der Waals surface area (Å²) in [6.07, 6.45) is 1.51. The number of rotatable bonds is 4. The van der Waals surface area contributed by atoms with Crippen LogP contribution in [0, 0.1) is 11.3 Å². The van der Waals surface area contributed by atoms with Gasteiger partial charge in [-0.25, -0.2) is 0 Å². The zero-order valence-electron chi connectivity index (χ0n) is 8.68. The first-order chi connectivity index (χ1) is 8.13. The van der Waals surface area contributed by atoms with Crippen molar-refractivity contribution in [1.82, 2.24) is 5.43 Å². The van der Waals surface area contributed by atoms with E-state index in [1.165, 1.54) is 6.21 Å². The maximum atomic E-state index is 8.46. The molecule has 1 aromatic carbocycles. The first-order valence-corrected chi connectivity index (χ1v) is 5.71. The number of nitrogens with two attached hydrogens (primary N) is 1. The smallest absolute Gasteiger partial charge is 0.184 e. The van der Waals surface area contributed by atoms with Gasteiger partial charge in [0, 0.05) is 10.0 Å². The molecule has 0 aliphatic carbocycles. The number of nitrogens with zero attached hydrogens (tertiary/aromatic N) is 2. The molecule has 0 saturated heterocycles. The molecule has 0 saturated carbocycles. The third-order valence-electron chi connectivity index (χ3n) is 1.64. The monoisotopic (exact) mass is 312 g/mol. The van der Waals surface area contributed by atoms with Gasteiger partial charge in [0.15, 0.2) is 11.7 Å². The average molecular weight is 313 g/mol. The first-order valence-electron chi connectivity index (χ1n) is 4.51. The van der Waals surface area contributed by atoms with Gasteiger partial charge in [-0.15, -0.1) is 0 Å². The number of hydrazone groups is 1. The highest BCUT2D eigenvalue weighted by Crippen LogP contribution is 2.21. The van der Waals surface area contributed by atoms with E-state index in [2.05, 4.69) is 38.7 Å². The number of nitrogens with one attached hydrogen (secondary N) is 1. The number of hydrogen-bond acceptors (Lipinski definition) is 4. The van der Waals surface area contributed by atoms with E-state index in [4.69, 9.17) is 15.7 Å². The molecule has 0 radical (unpaired) electrons. The molecule has 0 unspecified atom stereocenters. The Morgan fingerprint density at radius 1 is 1.71 bits per heavy atom. The van der Waals surface area contributed by atoms with E-state index in [0.717, 1.165) is 4.47 Å². The molecule has 7 heteroatoms. The van der Waals surface area contributed by atoms with Crippen molar-refractivity contribution in [3.8, 4) is 11.8 Å². The van der Waals surface area contributed by atoms with Crippen molar-refractivity contribution in [3.05, 3.63) is 28.2 Å². The van der Waals surface area contributed by atoms with Crippen LogP contribution in [-0.2, 0) is 0 Å². The fourth-order valence-corrected chi connectivity index (χ4v) is 1.46. The summed E-state index contributed by atoms with van der Waals surface area (Å²) in [7, 11) is 0. The van der Waals surface area contributed by atoms with E-state index >= 15 is 0 Å². The fourth-order valence-electron chi connectivity index (χ4n) is 1.03. The molecular formula is C10H9BrN4OS. The Labute approximate surface area is 112 Å². The quantitative estimate of drug-likeness (QED) is 0.500. The van der Waals surface area contributed by atoms with Crippen molar-refractivity contribution < 1.29 is 4.74 Å². The van der Waals surface area contributed by atoms with E-state index in [9.17, 15) is 0 Å². The molecule has 1 aromatic rings. The number of nitriles is 1. The molecule has 0 heterocycles. The summed E-state index contributed by atoms with van der Waals surface area (Å²) in [4.78, 5) is 0. The minimum atomic E-state index is -0.0226. The minimum absolute atomic E-state index is 0.0226. The Hall–Kier alpha value is -1.65. The predicted octanol–water partition coefficient (Wildman–Crippen LogP) is 1.52. The maximum absolute atomic E-state index is 8.46. The van der Waals surface area contributed by atoms with E-state index in [0.29, 0.717) is 11.3 Å². The lowest BCUT2D eigenvalue weighted by Crippen LogP contribution is -2.24. The zero-order chi connectivity index (χ0) is 12.7. The van der Waals surface area contributed by atoms with Gasteiger partial charge >= 0.3 is 0 Å². The standard InChI is InChI=1S/C10H9BrN4OS/c11-8-1-2-9(16-4-3-12)7(5-8)6-14-15-10(13)17/h1-2,5-6H,4H2,(H3,13,15,17). The number of halogens is 1. The summed E-state index contributed by atoms with van der Waals surface area (Å²) >= 11 is 7.94. The second-order valence-electron chi connectivity index (χ2n) is 2.86. The van der Waals surface area contributed by atoms with Crippen molar-refractivity contribution in [2.45, 2.75) is 0 Å². The number of thiocarbonyl (C=S) groups is 1. The van der Waals surface area contributed by atoms with E-state index in [-0.39, 0.29) is 11.7 Å². The van der Waals surface area contributed by atoms with E-state index in [1.807, 2.05) is 12.1 Å². The highest BCUT2D eigenvalue weighted by Gasteiger charge is 2.02.